The van der Waals surface area contributed by atoms with Gasteiger partial charge in [0.2, 0.25) is 0 Å². The van der Waals surface area contributed by atoms with Crippen molar-refractivity contribution in [2.75, 3.05) is 11.9 Å². The molecule has 2 aromatic carbocycles. The number of benzene rings is 2. The van der Waals surface area contributed by atoms with Crippen LogP contribution in [0.5, 0.6) is 5.75 Å². The molecule has 2 aromatic rings. The first-order valence-corrected chi connectivity index (χ1v) is 7.84. The third kappa shape index (κ3) is 4.35. The Morgan fingerprint density at radius 3 is 2.50 bits per heavy atom. The number of hydrogen-bond acceptors (Lipinski definition) is 4. The lowest BCUT2D eigenvalue weighted by molar-refractivity contribution is -0.254. The average Bonchev–Trinajstić information content (AvgIpc) is 2.59. The van der Waals surface area contributed by atoms with Crippen molar-refractivity contribution in [3.8, 4) is 5.75 Å². The van der Waals surface area contributed by atoms with Crippen LogP contribution >= 0.6 is 0 Å². The van der Waals surface area contributed by atoms with Gasteiger partial charge < -0.3 is 20.0 Å². The third-order valence-electron chi connectivity index (χ3n) is 3.84. The van der Waals surface area contributed by atoms with E-state index in [1.807, 2.05) is 24.3 Å². The maximum atomic E-state index is 12.1. The molecule has 2 rings (SSSR count). The Hall–Kier alpha value is -2.82. The number of rotatable bonds is 7. The van der Waals surface area contributed by atoms with Gasteiger partial charge in [0.1, 0.15) is 5.75 Å². The van der Waals surface area contributed by atoms with Crippen LogP contribution in [0.1, 0.15) is 42.1 Å². The average molecular weight is 326 g/mol. The van der Waals surface area contributed by atoms with Crippen LogP contribution in [-0.4, -0.2) is 18.5 Å². The van der Waals surface area contributed by atoms with E-state index in [2.05, 4.69) is 19.2 Å². The summed E-state index contributed by atoms with van der Waals surface area (Å²) in [6.45, 7) is 3.98. The van der Waals surface area contributed by atoms with E-state index >= 15 is 0 Å². The van der Waals surface area contributed by atoms with Gasteiger partial charge in [-0.1, -0.05) is 50.2 Å². The molecule has 24 heavy (non-hydrogen) atoms. The second-order valence-electron chi connectivity index (χ2n) is 5.52. The smallest absolute Gasteiger partial charge is 0.262 e. The van der Waals surface area contributed by atoms with Gasteiger partial charge >= 0.3 is 0 Å². The lowest BCUT2D eigenvalue weighted by Gasteiger charge is -2.16. The predicted molar refractivity (Wildman–Crippen MR) is 90.0 cm³/mol. The highest BCUT2D eigenvalue weighted by atomic mass is 16.5. The van der Waals surface area contributed by atoms with Crippen molar-refractivity contribution in [2.45, 2.75) is 26.2 Å². The molecule has 126 valence electrons. The van der Waals surface area contributed by atoms with Gasteiger partial charge in [-0.15, -0.1) is 0 Å². The van der Waals surface area contributed by atoms with Crippen molar-refractivity contribution in [3.05, 3.63) is 59.7 Å². The monoisotopic (exact) mass is 326 g/mol. The molecule has 1 amide bonds. The van der Waals surface area contributed by atoms with Crippen LogP contribution < -0.4 is 15.2 Å². The van der Waals surface area contributed by atoms with Crippen LogP contribution in [0.15, 0.2) is 48.5 Å². The summed E-state index contributed by atoms with van der Waals surface area (Å²) in [5, 5.41) is 13.6. The number of carboxylic acid groups (broad SMARTS) is 1. The number of para-hydroxylation sites is 2. The van der Waals surface area contributed by atoms with Crippen molar-refractivity contribution in [1.29, 1.82) is 0 Å². The Balaban J connectivity index is 2.04. The van der Waals surface area contributed by atoms with Crippen LogP contribution in [0, 0.1) is 0 Å². The molecule has 0 radical (unpaired) electrons. The van der Waals surface area contributed by atoms with E-state index in [1.54, 1.807) is 12.1 Å². The van der Waals surface area contributed by atoms with Gasteiger partial charge in [0, 0.05) is 11.3 Å². The Bertz CT molecular complexity index is 727. The van der Waals surface area contributed by atoms with Gasteiger partial charge in [-0.05, 0) is 30.0 Å². The SMILES string of the molecule is CC[C@H](C)c1ccccc1OCC(=O)Nc1ccccc1C(=O)[O-]. The van der Waals surface area contributed by atoms with Crippen molar-refractivity contribution >= 4 is 17.6 Å². The molecule has 0 heterocycles. The summed E-state index contributed by atoms with van der Waals surface area (Å²) in [7, 11) is 0. The van der Waals surface area contributed by atoms with Crippen LogP contribution in [0.4, 0.5) is 5.69 Å². The molecule has 0 aliphatic heterocycles. The zero-order chi connectivity index (χ0) is 17.5. The molecule has 0 aliphatic carbocycles. The maximum Gasteiger partial charge on any atom is 0.262 e. The number of amides is 1. The number of carbonyl (C=O) groups excluding carboxylic acids is 2. The zero-order valence-electron chi connectivity index (χ0n) is 13.7. The molecule has 0 fully saturated rings. The topological polar surface area (TPSA) is 78.5 Å². The number of carbonyl (C=O) groups is 2. The molecule has 5 heteroatoms. The Morgan fingerprint density at radius 1 is 1.12 bits per heavy atom. The highest BCUT2D eigenvalue weighted by Gasteiger charge is 2.12. The van der Waals surface area contributed by atoms with E-state index in [9.17, 15) is 14.7 Å². The third-order valence-corrected chi connectivity index (χ3v) is 3.84. The predicted octanol–water partition coefficient (Wildman–Crippen LogP) is 2.58. The molecular formula is C19H20NO4-. The Morgan fingerprint density at radius 2 is 1.79 bits per heavy atom. The summed E-state index contributed by atoms with van der Waals surface area (Å²) in [4.78, 5) is 23.1. The molecular weight excluding hydrogens is 306 g/mol. The first-order valence-electron chi connectivity index (χ1n) is 7.84. The normalized spacial score (nSPS) is 11.6. The van der Waals surface area contributed by atoms with E-state index in [0.717, 1.165) is 12.0 Å². The summed E-state index contributed by atoms with van der Waals surface area (Å²) >= 11 is 0. The first-order chi connectivity index (χ1) is 11.5. The van der Waals surface area contributed by atoms with E-state index in [0.29, 0.717) is 11.7 Å². The molecule has 0 spiro atoms. The van der Waals surface area contributed by atoms with Crippen molar-refractivity contribution in [2.24, 2.45) is 0 Å². The highest BCUT2D eigenvalue weighted by molar-refractivity contribution is 6.00. The van der Waals surface area contributed by atoms with Crippen molar-refractivity contribution in [1.82, 2.24) is 0 Å². The van der Waals surface area contributed by atoms with Crippen LogP contribution in [0.25, 0.3) is 0 Å². The summed E-state index contributed by atoms with van der Waals surface area (Å²) in [5.74, 6) is -0.783. The molecule has 0 saturated carbocycles. The zero-order valence-corrected chi connectivity index (χ0v) is 13.7. The number of ether oxygens (including phenoxy) is 1. The molecule has 0 aromatic heterocycles. The van der Waals surface area contributed by atoms with Crippen LogP contribution in [0.2, 0.25) is 0 Å². The molecule has 0 unspecified atom stereocenters. The lowest BCUT2D eigenvalue weighted by atomic mass is 9.98. The van der Waals surface area contributed by atoms with Gasteiger partial charge in [-0.3, -0.25) is 4.79 Å². The van der Waals surface area contributed by atoms with E-state index in [1.165, 1.54) is 12.1 Å². The lowest BCUT2D eigenvalue weighted by Crippen LogP contribution is -2.26. The van der Waals surface area contributed by atoms with Gasteiger partial charge in [0.25, 0.3) is 5.91 Å². The van der Waals surface area contributed by atoms with Crippen LogP contribution in [0.3, 0.4) is 0 Å². The molecule has 0 saturated heterocycles. The van der Waals surface area contributed by atoms with Crippen molar-refractivity contribution < 1.29 is 19.4 Å². The summed E-state index contributed by atoms with van der Waals surface area (Å²) < 4.78 is 5.62. The minimum atomic E-state index is -1.34. The van der Waals surface area contributed by atoms with Crippen molar-refractivity contribution in [3.63, 3.8) is 0 Å². The minimum Gasteiger partial charge on any atom is -0.545 e. The summed E-state index contributed by atoms with van der Waals surface area (Å²) in [6.07, 6.45) is 0.964. The Labute approximate surface area is 141 Å². The summed E-state index contributed by atoms with van der Waals surface area (Å²) in [6, 6.07) is 13.7. The number of carboxylic acids is 1. The molecule has 1 N–H and O–H groups in total. The van der Waals surface area contributed by atoms with Gasteiger partial charge in [-0.25, -0.2) is 0 Å². The van der Waals surface area contributed by atoms with Crippen LogP contribution in [-0.2, 0) is 4.79 Å². The number of nitrogens with one attached hydrogen (secondary N) is 1. The quantitative estimate of drug-likeness (QED) is 0.848. The molecule has 1 atom stereocenters. The fourth-order valence-corrected chi connectivity index (χ4v) is 2.34. The standard InChI is InChI=1S/C19H21NO4/c1-3-13(2)14-8-5-7-11-17(14)24-12-18(21)20-16-10-6-4-9-15(16)19(22)23/h4-11,13H,3,12H2,1-2H3,(H,20,21)(H,22,23)/p-1/t13-/m0/s1. The second kappa shape index (κ2) is 8.15. The van der Waals surface area contributed by atoms with Gasteiger partial charge in [0.15, 0.2) is 6.61 Å². The fraction of sp³-hybridized carbons (Fsp3) is 0.263. The number of anilines is 1. The largest absolute Gasteiger partial charge is 0.545 e. The molecule has 0 bridgehead atoms. The van der Waals surface area contributed by atoms with E-state index < -0.39 is 11.9 Å². The van der Waals surface area contributed by atoms with E-state index in [-0.39, 0.29) is 17.9 Å². The second-order valence-corrected chi connectivity index (χ2v) is 5.52. The Kier molecular flexibility index (Phi) is 5.95. The van der Waals surface area contributed by atoms with E-state index in [4.69, 9.17) is 4.74 Å². The number of aromatic carboxylic acids is 1. The fourth-order valence-electron chi connectivity index (χ4n) is 2.34. The molecule has 0 aliphatic rings. The van der Waals surface area contributed by atoms with Gasteiger partial charge in [0.05, 0.1) is 5.97 Å². The highest BCUT2D eigenvalue weighted by Crippen LogP contribution is 2.28. The minimum absolute atomic E-state index is 0.0640. The summed E-state index contributed by atoms with van der Waals surface area (Å²) in [5.41, 5.74) is 1.18. The maximum absolute atomic E-state index is 12.1. The first kappa shape index (κ1) is 17.5. The molecule has 5 nitrogen and oxygen atoms in total. The number of hydrogen-bond donors (Lipinski definition) is 1. The van der Waals surface area contributed by atoms with Gasteiger partial charge in [-0.2, -0.15) is 0 Å².